The number of aliphatic hydroxyl groups excluding tert-OH is 1. The van der Waals surface area contributed by atoms with Crippen molar-refractivity contribution in [3.05, 3.63) is 30.0 Å². The molecule has 1 aromatic heterocycles. The lowest BCUT2D eigenvalue weighted by atomic mass is 9.93. The molecule has 2 atom stereocenters. The molecule has 0 unspecified atom stereocenters. The van der Waals surface area contributed by atoms with Crippen molar-refractivity contribution in [1.29, 1.82) is 0 Å². The average Bonchev–Trinajstić information content (AvgIpc) is 2.51. The lowest BCUT2D eigenvalue weighted by molar-refractivity contribution is -0.117. The molecular formula is C19H28N2O2S. The van der Waals surface area contributed by atoms with E-state index >= 15 is 0 Å². The Bertz CT molecular complexity index is 581. The van der Waals surface area contributed by atoms with Crippen molar-refractivity contribution < 1.29 is 9.90 Å². The van der Waals surface area contributed by atoms with E-state index in [1.54, 1.807) is 24.0 Å². The molecule has 0 aliphatic heterocycles. The summed E-state index contributed by atoms with van der Waals surface area (Å²) in [6, 6.07) is 3.94. The van der Waals surface area contributed by atoms with Gasteiger partial charge in [0.15, 0.2) is 0 Å². The number of hydrogen-bond acceptors (Lipinski definition) is 4. The molecule has 132 valence electrons. The lowest BCUT2D eigenvalue weighted by Crippen LogP contribution is -2.38. The van der Waals surface area contributed by atoms with Crippen LogP contribution in [-0.2, 0) is 4.79 Å². The number of nitrogens with zero attached hydrogens (tertiary/aromatic N) is 1. The molecule has 0 radical (unpaired) electrons. The second-order valence-electron chi connectivity index (χ2n) is 7.61. The smallest absolute Gasteiger partial charge is 0.244 e. The summed E-state index contributed by atoms with van der Waals surface area (Å²) in [5.74, 6) is 0.863. The van der Waals surface area contributed by atoms with Crippen LogP contribution in [0.3, 0.4) is 0 Å². The molecule has 1 aliphatic carbocycles. The predicted molar refractivity (Wildman–Crippen MR) is 99.9 cm³/mol. The Morgan fingerprint density at radius 1 is 1.46 bits per heavy atom. The molecule has 0 saturated heterocycles. The second-order valence-corrected chi connectivity index (χ2v) is 8.57. The average molecular weight is 349 g/mol. The SMILES string of the molecule is CC(C)(C)CSc1ncccc1/C=C/C(=O)N[C@H]1CCC[C@@H](O)C1. The maximum absolute atomic E-state index is 12.1. The van der Waals surface area contributed by atoms with E-state index in [0.29, 0.717) is 6.42 Å². The van der Waals surface area contributed by atoms with E-state index in [2.05, 4.69) is 31.1 Å². The first kappa shape index (κ1) is 19.0. The number of amides is 1. The van der Waals surface area contributed by atoms with Gasteiger partial charge in [-0.05, 0) is 43.2 Å². The highest BCUT2D eigenvalue weighted by molar-refractivity contribution is 7.99. The molecule has 2 N–H and O–H groups in total. The summed E-state index contributed by atoms with van der Waals surface area (Å²) in [7, 11) is 0. The Morgan fingerprint density at radius 3 is 2.96 bits per heavy atom. The van der Waals surface area contributed by atoms with Crippen LogP contribution in [0.2, 0.25) is 0 Å². The van der Waals surface area contributed by atoms with E-state index in [1.165, 1.54) is 0 Å². The summed E-state index contributed by atoms with van der Waals surface area (Å²) in [6.07, 6.45) is 8.29. The van der Waals surface area contributed by atoms with Gasteiger partial charge in [-0.15, -0.1) is 11.8 Å². The number of pyridine rings is 1. The fraction of sp³-hybridized carbons (Fsp3) is 0.579. The van der Waals surface area contributed by atoms with Gasteiger partial charge in [-0.2, -0.15) is 0 Å². The van der Waals surface area contributed by atoms with Crippen molar-refractivity contribution in [3.63, 3.8) is 0 Å². The summed E-state index contributed by atoms with van der Waals surface area (Å²) in [4.78, 5) is 16.5. The van der Waals surface area contributed by atoms with E-state index < -0.39 is 0 Å². The van der Waals surface area contributed by atoms with Crippen molar-refractivity contribution in [1.82, 2.24) is 10.3 Å². The molecule has 1 amide bonds. The van der Waals surface area contributed by atoms with Crippen LogP contribution in [0.1, 0.15) is 52.0 Å². The molecule has 0 aromatic carbocycles. The summed E-state index contributed by atoms with van der Waals surface area (Å²) >= 11 is 1.71. The van der Waals surface area contributed by atoms with Gasteiger partial charge in [0.25, 0.3) is 0 Å². The van der Waals surface area contributed by atoms with Crippen LogP contribution in [0.25, 0.3) is 6.08 Å². The Labute approximate surface area is 149 Å². The minimum Gasteiger partial charge on any atom is -0.393 e. The van der Waals surface area contributed by atoms with Gasteiger partial charge in [0.1, 0.15) is 5.03 Å². The molecule has 0 bridgehead atoms. The molecule has 1 aromatic rings. The highest BCUT2D eigenvalue weighted by Gasteiger charge is 2.20. The number of thioether (sulfide) groups is 1. The number of aromatic nitrogens is 1. The van der Waals surface area contributed by atoms with Gasteiger partial charge < -0.3 is 10.4 Å². The Kier molecular flexibility index (Phi) is 6.87. The Morgan fingerprint density at radius 2 is 2.25 bits per heavy atom. The zero-order chi connectivity index (χ0) is 17.6. The van der Waals surface area contributed by atoms with Crippen LogP contribution >= 0.6 is 11.8 Å². The molecule has 1 fully saturated rings. The first-order valence-corrected chi connectivity index (χ1v) is 9.56. The maximum atomic E-state index is 12.1. The van der Waals surface area contributed by atoms with Gasteiger partial charge in [-0.3, -0.25) is 4.79 Å². The number of nitrogens with one attached hydrogen (secondary N) is 1. The highest BCUT2D eigenvalue weighted by atomic mass is 32.2. The summed E-state index contributed by atoms with van der Waals surface area (Å²) in [5, 5.41) is 13.6. The van der Waals surface area contributed by atoms with Crippen molar-refractivity contribution in [3.8, 4) is 0 Å². The number of carbonyl (C=O) groups excluding carboxylic acids is 1. The van der Waals surface area contributed by atoms with Crippen LogP contribution in [0.4, 0.5) is 0 Å². The third-order valence-corrected chi connectivity index (χ3v) is 5.47. The van der Waals surface area contributed by atoms with Crippen molar-refractivity contribution >= 4 is 23.7 Å². The minimum absolute atomic E-state index is 0.0783. The maximum Gasteiger partial charge on any atom is 0.244 e. The topological polar surface area (TPSA) is 62.2 Å². The van der Waals surface area contributed by atoms with E-state index in [0.717, 1.165) is 35.6 Å². The number of aliphatic hydroxyl groups is 1. The normalized spacial score (nSPS) is 21.8. The minimum atomic E-state index is -0.285. The van der Waals surface area contributed by atoms with E-state index in [-0.39, 0.29) is 23.5 Å². The van der Waals surface area contributed by atoms with Gasteiger partial charge in [0.2, 0.25) is 5.91 Å². The van der Waals surface area contributed by atoms with Crippen LogP contribution in [0.15, 0.2) is 29.4 Å². The fourth-order valence-corrected chi connectivity index (χ4v) is 3.65. The summed E-state index contributed by atoms with van der Waals surface area (Å²) in [5.41, 5.74) is 1.19. The molecule has 0 spiro atoms. The lowest BCUT2D eigenvalue weighted by Gasteiger charge is -2.26. The first-order chi connectivity index (χ1) is 11.3. The molecule has 2 rings (SSSR count). The highest BCUT2D eigenvalue weighted by Crippen LogP contribution is 2.28. The standard InChI is InChI=1S/C19H28N2O2S/c1-19(2,3)13-24-18-14(6-5-11-20-18)9-10-17(23)21-15-7-4-8-16(22)12-15/h5-6,9-11,15-16,22H,4,7-8,12-13H2,1-3H3,(H,21,23)/b10-9+/t15-,16+/m0/s1. The Hall–Kier alpha value is -1.33. The van der Waals surface area contributed by atoms with Crippen molar-refractivity contribution in [2.24, 2.45) is 5.41 Å². The van der Waals surface area contributed by atoms with Gasteiger partial charge in [-0.25, -0.2) is 4.98 Å². The molecule has 5 heteroatoms. The van der Waals surface area contributed by atoms with Crippen LogP contribution in [0, 0.1) is 5.41 Å². The van der Waals surface area contributed by atoms with Crippen LogP contribution in [-0.4, -0.2) is 33.9 Å². The van der Waals surface area contributed by atoms with Gasteiger partial charge in [0, 0.05) is 29.6 Å². The Balaban J connectivity index is 1.94. The second kappa shape index (κ2) is 8.67. The third kappa shape index (κ3) is 6.65. The molecule has 1 heterocycles. The quantitative estimate of drug-likeness (QED) is 0.630. The molecule has 1 aliphatic rings. The zero-order valence-corrected chi connectivity index (χ0v) is 15.6. The zero-order valence-electron chi connectivity index (χ0n) is 14.8. The predicted octanol–water partition coefficient (Wildman–Crippen LogP) is 3.65. The molecule has 24 heavy (non-hydrogen) atoms. The van der Waals surface area contributed by atoms with Crippen LogP contribution in [0.5, 0.6) is 0 Å². The number of hydrogen-bond donors (Lipinski definition) is 2. The fourth-order valence-electron chi connectivity index (χ4n) is 2.65. The summed E-state index contributed by atoms with van der Waals surface area (Å²) < 4.78 is 0. The van der Waals surface area contributed by atoms with Crippen LogP contribution < -0.4 is 5.32 Å². The van der Waals surface area contributed by atoms with E-state index in [1.807, 2.05) is 18.2 Å². The van der Waals surface area contributed by atoms with E-state index in [4.69, 9.17) is 0 Å². The summed E-state index contributed by atoms with van der Waals surface area (Å²) in [6.45, 7) is 6.60. The molecular weight excluding hydrogens is 320 g/mol. The number of carbonyl (C=O) groups is 1. The molecule has 1 saturated carbocycles. The van der Waals surface area contributed by atoms with E-state index in [9.17, 15) is 9.90 Å². The monoisotopic (exact) mass is 348 g/mol. The van der Waals surface area contributed by atoms with Gasteiger partial charge in [0.05, 0.1) is 6.10 Å². The molecule has 4 nitrogen and oxygen atoms in total. The first-order valence-electron chi connectivity index (χ1n) is 8.58. The third-order valence-electron chi connectivity index (χ3n) is 3.85. The largest absolute Gasteiger partial charge is 0.393 e. The number of rotatable bonds is 5. The van der Waals surface area contributed by atoms with Crippen molar-refractivity contribution in [2.75, 3.05) is 5.75 Å². The van der Waals surface area contributed by atoms with Gasteiger partial charge >= 0.3 is 0 Å². The van der Waals surface area contributed by atoms with Gasteiger partial charge in [-0.1, -0.05) is 26.8 Å². The van der Waals surface area contributed by atoms with Crippen molar-refractivity contribution in [2.45, 2.75) is 63.6 Å².